The van der Waals surface area contributed by atoms with Gasteiger partial charge in [-0.25, -0.2) is 18.2 Å². The number of hydrogen-bond donors (Lipinski definition) is 0. The molecule has 0 aliphatic rings. The minimum atomic E-state index is -0.873. The predicted molar refractivity (Wildman–Crippen MR) is 60.2 cm³/mol. The van der Waals surface area contributed by atoms with Crippen molar-refractivity contribution >= 4 is 11.6 Å². The first kappa shape index (κ1) is 12.7. The van der Waals surface area contributed by atoms with Crippen molar-refractivity contribution in [1.82, 2.24) is 4.98 Å². The first-order valence-electron chi connectivity index (χ1n) is 4.93. The van der Waals surface area contributed by atoms with Crippen molar-refractivity contribution in [2.24, 2.45) is 0 Å². The van der Waals surface area contributed by atoms with Crippen molar-refractivity contribution in [3.05, 3.63) is 53.5 Å². The molecule has 0 fully saturated rings. The van der Waals surface area contributed by atoms with E-state index in [9.17, 15) is 13.2 Å². The van der Waals surface area contributed by atoms with E-state index in [4.69, 9.17) is 16.3 Å². The standard InChI is InChI=1S/C12H7ClF3NO/c13-5-7-3-9(15)6-17-12(7)18-11-2-1-8(14)4-10(11)16/h1-4,6H,5H2. The highest BCUT2D eigenvalue weighted by Gasteiger charge is 2.11. The number of aromatic nitrogens is 1. The number of rotatable bonds is 3. The number of benzene rings is 1. The molecule has 18 heavy (non-hydrogen) atoms. The van der Waals surface area contributed by atoms with Crippen molar-refractivity contribution < 1.29 is 17.9 Å². The van der Waals surface area contributed by atoms with Gasteiger partial charge in [0.2, 0.25) is 5.88 Å². The van der Waals surface area contributed by atoms with Gasteiger partial charge in [0, 0.05) is 11.6 Å². The third-order valence-electron chi connectivity index (χ3n) is 2.14. The largest absolute Gasteiger partial charge is 0.436 e. The van der Waals surface area contributed by atoms with Gasteiger partial charge in [-0.1, -0.05) is 0 Å². The molecule has 0 amide bonds. The third-order valence-corrected chi connectivity index (χ3v) is 2.42. The van der Waals surface area contributed by atoms with E-state index in [0.717, 1.165) is 24.4 Å². The maximum Gasteiger partial charge on any atom is 0.223 e. The zero-order chi connectivity index (χ0) is 13.1. The van der Waals surface area contributed by atoms with Gasteiger partial charge in [-0.2, -0.15) is 0 Å². The van der Waals surface area contributed by atoms with Crippen LogP contribution in [0.3, 0.4) is 0 Å². The highest BCUT2D eigenvalue weighted by atomic mass is 35.5. The summed E-state index contributed by atoms with van der Waals surface area (Å²) < 4.78 is 44.1. The first-order chi connectivity index (χ1) is 8.60. The molecule has 2 rings (SSSR count). The van der Waals surface area contributed by atoms with Crippen LogP contribution in [0.5, 0.6) is 11.6 Å². The van der Waals surface area contributed by atoms with Gasteiger partial charge >= 0.3 is 0 Å². The van der Waals surface area contributed by atoms with Crippen LogP contribution >= 0.6 is 11.6 Å². The first-order valence-corrected chi connectivity index (χ1v) is 5.47. The van der Waals surface area contributed by atoms with Gasteiger partial charge in [-0.15, -0.1) is 11.6 Å². The Hall–Kier alpha value is -1.75. The molecule has 1 heterocycles. The lowest BCUT2D eigenvalue weighted by Gasteiger charge is -2.08. The van der Waals surface area contributed by atoms with E-state index in [1.807, 2.05) is 0 Å². The molecular formula is C12H7ClF3NO. The molecule has 2 aromatic rings. The van der Waals surface area contributed by atoms with Crippen LogP contribution in [-0.2, 0) is 5.88 Å². The molecule has 0 atom stereocenters. The molecule has 0 unspecified atom stereocenters. The summed E-state index contributed by atoms with van der Waals surface area (Å²) in [4.78, 5) is 3.67. The topological polar surface area (TPSA) is 22.1 Å². The zero-order valence-corrected chi connectivity index (χ0v) is 9.72. The fourth-order valence-corrected chi connectivity index (χ4v) is 1.51. The molecule has 0 saturated heterocycles. The van der Waals surface area contributed by atoms with E-state index < -0.39 is 17.5 Å². The number of hydrogen-bond acceptors (Lipinski definition) is 2. The van der Waals surface area contributed by atoms with Gasteiger partial charge in [0.15, 0.2) is 11.6 Å². The fourth-order valence-electron chi connectivity index (χ4n) is 1.32. The van der Waals surface area contributed by atoms with E-state index in [1.165, 1.54) is 0 Å². The smallest absolute Gasteiger partial charge is 0.223 e. The van der Waals surface area contributed by atoms with E-state index in [2.05, 4.69) is 4.98 Å². The Morgan fingerprint density at radius 1 is 1.11 bits per heavy atom. The van der Waals surface area contributed by atoms with Gasteiger partial charge in [-0.3, -0.25) is 0 Å². The lowest BCUT2D eigenvalue weighted by molar-refractivity contribution is 0.418. The average Bonchev–Trinajstić information content (AvgIpc) is 2.34. The Morgan fingerprint density at radius 2 is 1.89 bits per heavy atom. The van der Waals surface area contributed by atoms with Crippen molar-refractivity contribution in [3.63, 3.8) is 0 Å². The summed E-state index contributed by atoms with van der Waals surface area (Å²) in [6, 6.07) is 3.98. The lowest BCUT2D eigenvalue weighted by atomic mass is 10.3. The highest BCUT2D eigenvalue weighted by Crippen LogP contribution is 2.27. The van der Waals surface area contributed by atoms with Crippen LogP contribution in [0.15, 0.2) is 30.5 Å². The van der Waals surface area contributed by atoms with Gasteiger partial charge < -0.3 is 4.74 Å². The molecule has 2 nitrogen and oxygen atoms in total. The second-order valence-corrected chi connectivity index (χ2v) is 3.70. The lowest BCUT2D eigenvalue weighted by Crippen LogP contribution is -1.96. The van der Waals surface area contributed by atoms with Crippen LogP contribution in [0.4, 0.5) is 13.2 Å². The molecular weight excluding hydrogens is 267 g/mol. The molecule has 6 heteroatoms. The van der Waals surface area contributed by atoms with Gasteiger partial charge in [0.1, 0.15) is 11.6 Å². The van der Waals surface area contributed by atoms with Crippen molar-refractivity contribution in [1.29, 1.82) is 0 Å². The number of ether oxygens (including phenoxy) is 1. The molecule has 0 radical (unpaired) electrons. The van der Waals surface area contributed by atoms with Crippen molar-refractivity contribution in [2.75, 3.05) is 0 Å². The highest BCUT2D eigenvalue weighted by molar-refractivity contribution is 6.17. The van der Waals surface area contributed by atoms with Gasteiger partial charge in [-0.05, 0) is 18.2 Å². The van der Waals surface area contributed by atoms with Crippen LogP contribution in [0.25, 0.3) is 0 Å². The summed E-state index contributed by atoms with van der Waals surface area (Å²) in [6.07, 6.45) is 0.923. The SMILES string of the molecule is Fc1ccc(Oc2ncc(F)cc2CCl)c(F)c1. The van der Waals surface area contributed by atoms with Crippen LogP contribution in [-0.4, -0.2) is 4.98 Å². The predicted octanol–water partition coefficient (Wildman–Crippen LogP) is 4.03. The van der Waals surface area contributed by atoms with E-state index >= 15 is 0 Å². The molecule has 0 bridgehead atoms. The Kier molecular flexibility index (Phi) is 3.72. The Balaban J connectivity index is 2.33. The quantitative estimate of drug-likeness (QED) is 0.788. The molecule has 1 aromatic carbocycles. The number of halogens is 4. The van der Waals surface area contributed by atoms with E-state index in [-0.39, 0.29) is 23.1 Å². The van der Waals surface area contributed by atoms with Crippen LogP contribution in [0.2, 0.25) is 0 Å². The van der Waals surface area contributed by atoms with Crippen LogP contribution in [0.1, 0.15) is 5.56 Å². The monoisotopic (exact) mass is 273 g/mol. The molecule has 0 saturated carbocycles. The van der Waals surface area contributed by atoms with Crippen molar-refractivity contribution in [3.8, 4) is 11.6 Å². The zero-order valence-electron chi connectivity index (χ0n) is 8.96. The average molecular weight is 274 g/mol. The number of pyridine rings is 1. The summed E-state index contributed by atoms with van der Waals surface area (Å²) >= 11 is 5.59. The summed E-state index contributed by atoms with van der Waals surface area (Å²) in [5, 5.41) is 0. The second-order valence-electron chi connectivity index (χ2n) is 3.43. The Bertz CT molecular complexity index is 577. The fraction of sp³-hybridized carbons (Fsp3) is 0.0833. The normalized spacial score (nSPS) is 10.4. The summed E-state index contributed by atoms with van der Waals surface area (Å²) in [5.41, 5.74) is 0.278. The molecule has 94 valence electrons. The molecule has 0 N–H and O–H groups in total. The van der Waals surface area contributed by atoms with Gasteiger partial charge in [0.05, 0.1) is 12.1 Å². The molecule has 0 spiro atoms. The van der Waals surface area contributed by atoms with Crippen LogP contribution in [0, 0.1) is 17.5 Å². The van der Waals surface area contributed by atoms with Crippen molar-refractivity contribution in [2.45, 2.75) is 5.88 Å². The second kappa shape index (κ2) is 5.27. The Labute approximate surface area is 106 Å². The van der Waals surface area contributed by atoms with Gasteiger partial charge in [0.25, 0.3) is 0 Å². The number of nitrogens with zero attached hydrogens (tertiary/aromatic N) is 1. The molecule has 0 aliphatic carbocycles. The minimum absolute atomic E-state index is 0.0168. The number of alkyl halides is 1. The molecule has 0 aliphatic heterocycles. The van der Waals surface area contributed by atoms with E-state index in [0.29, 0.717) is 6.07 Å². The maximum absolute atomic E-state index is 13.4. The minimum Gasteiger partial charge on any atom is -0.436 e. The van der Waals surface area contributed by atoms with E-state index in [1.54, 1.807) is 0 Å². The Morgan fingerprint density at radius 3 is 2.56 bits per heavy atom. The maximum atomic E-state index is 13.4. The van der Waals surface area contributed by atoms with Crippen LogP contribution < -0.4 is 4.74 Å². The third kappa shape index (κ3) is 2.73. The summed E-state index contributed by atoms with van der Waals surface area (Å²) in [7, 11) is 0. The molecule has 1 aromatic heterocycles. The summed E-state index contributed by atoms with van der Waals surface area (Å²) in [5.74, 6) is -2.43. The summed E-state index contributed by atoms with van der Waals surface area (Å²) in [6.45, 7) is 0.